The Balaban J connectivity index is 1.84. The van der Waals surface area contributed by atoms with E-state index in [0.29, 0.717) is 26.5 Å². The Morgan fingerprint density at radius 1 is 0.933 bits per heavy atom. The Kier molecular flexibility index (Phi) is 4.66. The van der Waals surface area contributed by atoms with Gasteiger partial charge in [0.1, 0.15) is 32.2 Å². The lowest BCUT2D eigenvalue weighted by Gasteiger charge is -2.22. The molecule has 6 nitrogen and oxygen atoms in total. The molecule has 1 aromatic heterocycles. The topological polar surface area (TPSA) is 91.9 Å². The summed E-state index contributed by atoms with van der Waals surface area (Å²) in [6, 6.07) is 17.6. The second-order valence-corrected chi connectivity index (χ2v) is 10.5. The number of nitrogens with zero attached hydrogens (tertiary/aromatic N) is 3. The molecule has 2 N–H and O–H groups in total. The van der Waals surface area contributed by atoms with Crippen LogP contribution in [0.25, 0.3) is 16.7 Å². The van der Waals surface area contributed by atoms with Crippen molar-refractivity contribution in [3.8, 4) is 11.4 Å². The molecule has 30 heavy (non-hydrogen) atoms. The molecule has 0 aliphatic rings. The standard InChI is InChI=1S/C23H24N4O2S/c1-15-12-18(23(2,3)4)22(28)21(13-15)27-25-19-11-10-17(14-20(19)26-27)30(24,29)16-8-6-5-7-9-16/h5-14,24,28H,1-4H3. The summed E-state index contributed by atoms with van der Waals surface area (Å²) >= 11 is 0. The molecule has 0 fully saturated rings. The Hall–Kier alpha value is -3.19. The fraction of sp³-hybridized carbons (Fsp3) is 0.217. The van der Waals surface area contributed by atoms with Crippen LogP contribution in [0.3, 0.4) is 0 Å². The van der Waals surface area contributed by atoms with Gasteiger partial charge in [-0.25, -0.2) is 8.99 Å². The fourth-order valence-corrected chi connectivity index (χ4v) is 4.76. The Morgan fingerprint density at radius 2 is 1.60 bits per heavy atom. The van der Waals surface area contributed by atoms with E-state index in [1.807, 2.05) is 45.9 Å². The molecular weight excluding hydrogens is 396 g/mol. The van der Waals surface area contributed by atoms with Crippen molar-refractivity contribution in [1.29, 1.82) is 4.78 Å². The van der Waals surface area contributed by atoms with Gasteiger partial charge in [0.15, 0.2) is 0 Å². The Morgan fingerprint density at radius 3 is 2.27 bits per heavy atom. The van der Waals surface area contributed by atoms with Gasteiger partial charge in [0.2, 0.25) is 0 Å². The molecule has 3 aromatic carbocycles. The van der Waals surface area contributed by atoms with Crippen molar-refractivity contribution in [1.82, 2.24) is 15.0 Å². The highest BCUT2D eigenvalue weighted by atomic mass is 32.2. The summed E-state index contributed by atoms with van der Waals surface area (Å²) < 4.78 is 21.6. The van der Waals surface area contributed by atoms with Gasteiger partial charge in [-0.05, 0) is 54.3 Å². The number of nitrogens with one attached hydrogen (secondary N) is 1. The largest absolute Gasteiger partial charge is 0.505 e. The van der Waals surface area contributed by atoms with Crippen molar-refractivity contribution in [2.24, 2.45) is 0 Å². The summed E-state index contributed by atoms with van der Waals surface area (Å²) in [6.07, 6.45) is 0. The third-order valence-corrected chi connectivity index (χ3v) is 6.87. The van der Waals surface area contributed by atoms with Crippen LogP contribution in [0.2, 0.25) is 0 Å². The highest BCUT2D eigenvalue weighted by Crippen LogP contribution is 2.36. The maximum absolute atomic E-state index is 13.1. The van der Waals surface area contributed by atoms with E-state index in [1.165, 1.54) is 4.80 Å². The number of phenols is 1. The molecule has 0 aliphatic carbocycles. The SMILES string of the molecule is Cc1cc(-n2nc3ccc(S(=N)(=O)c4ccccc4)cc3n2)c(O)c(C(C)(C)C)c1. The van der Waals surface area contributed by atoms with Crippen molar-refractivity contribution >= 4 is 20.8 Å². The van der Waals surface area contributed by atoms with Crippen LogP contribution in [-0.2, 0) is 15.1 Å². The fourth-order valence-electron chi connectivity index (χ4n) is 3.41. The minimum Gasteiger partial charge on any atom is -0.505 e. The van der Waals surface area contributed by atoms with Crippen molar-refractivity contribution in [3.63, 3.8) is 0 Å². The molecule has 0 saturated heterocycles. The van der Waals surface area contributed by atoms with Gasteiger partial charge in [-0.2, -0.15) is 0 Å². The normalized spacial score (nSPS) is 14.0. The Bertz CT molecular complexity index is 1350. The zero-order valence-electron chi connectivity index (χ0n) is 17.4. The molecule has 0 aliphatic heterocycles. The third-order valence-electron chi connectivity index (χ3n) is 5.02. The van der Waals surface area contributed by atoms with Gasteiger partial charge in [-0.15, -0.1) is 15.0 Å². The first-order valence-electron chi connectivity index (χ1n) is 9.63. The van der Waals surface area contributed by atoms with E-state index in [9.17, 15) is 9.32 Å². The third kappa shape index (κ3) is 3.45. The van der Waals surface area contributed by atoms with Gasteiger partial charge in [-0.1, -0.05) is 45.0 Å². The van der Waals surface area contributed by atoms with Crippen molar-refractivity contribution in [3.05, 3.63) is 71.8 Å². The van der Waals surface area contributed by atoms with Gasteiger partial charge in [0.05, 0.1) is 9.79 Å². The first kappa shape index (κ1) is 20.1. The molecule has 0 amide bonds. The van der Waals surface area contributed by atoms with Crippen LogP contribution in [0.5, 0.6) is 5.75 Å². The van der Waals surface area contributed by atoms with Crippen LogP contribution in [0.4, 0.5) is 0 Å². The molecule has 4 rings (SSSR count). The van der Waals surface area contributed by atoms with E-state index < -0.39 is 9.73 Å². The first-order chi connectivity index (χ1) is 14.1. The van der Waals surface area contributed by atoms with Gasteiger partial charge < -0.3 is 5.11 Å². The van der Waals surface area contributed by atoms with E-state index in [1.54, 1.807) is 42.5 Å². The second kappa shape index (κ2) is 6.95. The van der Waals surface area contributed by atoms with E-state index in [0.717, 1.165) is 11.1 Å². The summed E-state index contributed by atoms with van der Waals surface area (Å²) in [4.78, 5) is 2.22. The molecule has 0 bridgehead atoms. The highest BCUT2D eigenvalue weighted by molar-refractivity contribution is 7.92. The molecule has 7 heteroatoms. The summed E-state index contributed by atoms with van der Waals surface area (Å²) in [5.41, 5.74) is 3.18. The van der Waals surface area contributed by atoms with Crippen LogP contribution >= 0.6 is 0 Å². The quantitative estimate of drug-likeness (QED) is 0.477. The molecule has 0 radical (unpaired) electrons. The number of aromatic hydroxyl groups is 1. The lowest BCUT2D eigenvalue weighted by molar-refractivity contribution is 0.440. The summed E-state index contributed by atoms with van der Waals surface area (Å²) in [7, 11) is -3.15. The minimum absolute atomic E-state index is 0.141. The lowest BCUT2D eigenvalue weighted by Crippen LogP contribution is -2.13. The van der Waals surface area contributed by atoms with Gasteiger partial charge in [0.25, 0.3) is 0 Å². The maximum atomic E-state index is 13.1. The number of fused-ring (bicyclic) bond motifs is 1. The number of phenolic OH excluding ortho intramolecular Hbond substituents is 1. The number of hydrogen-bond donors (Lipinski definition) is 2. The summed E-state index contributed by atoms with van der Waals surface area (Å²) in [5, 5.41) is 19.9. The molecule has 0 spiro atoms. The minimum atomic E-state index is -3.15. The van der Waals surface area contributed by atoms with E-state index in [2.05, 4.69) is 10.2 Å². The molecule has 1 heterocycles. The van der Waals surface area contributed by atoms with Crippen molar-refractivity contribution in [2.75, 3.05) is 0 Å². The van der Waals surface area contributed by atoms with E-state index in [-0.39, 0.29) is 11.2 Å². The molecular formula is C23H24N4O2S. The molecule has 1 atom stereocenters. The second-order valence-electron chi connectivity index (χ2n) is 8.44. The maximum Gasteiger partial charge on any atom is 0.146 e. The molecule has 154 valence electrons. The number of hydrogen-bond acceptors (Lipinski definition) is 5. The first-order valence-corrected chi connectivity index (χ1v) is 11.2. The van der Waals surface area contributed by atoms with Crippen LogP contribution in [0.1, 0.15) is 31.9 Å². The number of aromatic nitrogens is 3. The van der Waals surface area contributed by atoms with E-state index >= 15 is 0 Å². The highest BCUT2D eigenvalue weighted by Gasteiger charge is 2.23. The predicted octanol–water partition coefficient (Wildman–Crippen LogP) is 5.20. The van der Waals surface area contributed by atoms with Crippen molar-refractivity contribution in [2.45, 2.75) is 42.9 Å². The number of rotatable bonds is 3. The average molecular weight is 421 g/mol. The van der Waals surface area contributed by atoms with Crippen LogP contribution in [-0.4, -0.2) is 24.3 Å². The number of benzene rings is 3. The zero-order valence-corrected chi connectivity index (χ0v) is 18.2. The van der Waals surface area contributed by atoms with Gasteiger partial charge >= 0.3 is 0 Å². The van der Waals surface area contributed by atoms with Crippen LogP contribution < -0.4 is 0 Å². The molecule has 0 saturated carbocycles. The number of aryl methyl sites for hydroxylation is 1. The predicted molar refractivity (Wildman–Crippen MR) is 118 cm³/mol. The smallest absolute Gasteiger partial charge is 0.146 e. The summed E-state index contributed by atoms with van der Waals surface area (Å²) in [5.74, 6) is 0.141. The van der Waals surface area contributed by atoms with E-state index in [4.69, 9.17) is 4.78 Å². The monoisotopic (exact) mass is 420 g/mol. The zero-order chi connectivity index (χ0) is 21.7. The molecule has 4 aromatic rings. The van der Waals surface area contributed by atoms with Crippen LogP contribution in [0, 0.1) is 11.7 Å². The van der Waals surface area contributed by atoms with Crippen molar-refractivity contribution < 1.29 is 9.32 Å². The van der Waals surface area contributed by atoms with Gasteiger partial charge in [0, 0.05) is 5.56 Å². The summed E-state index contributed by atoms with van der Waals surface area (Å²) in [6.45, 7) is 8.09. The van der Waals surface area contributed by atoms with Crippen LogP contribution in [0.15, 0.2) is 70.5 Å². The lowest BCUT2D eigenvalue weighted by atomic mass is 9.85. The van der Waals surface area contributed by atoms with Gasteiger partial charge in [-0.3, -0.25) is 0 Å². The average Bonchev–Trinajstić information content (AvgIpc) is 3.12. The molecule has 1 unspecified atom stereocenters. The Labute approximate surface area is 176 Å².